The Hall–Kier alpha value is -2.31. The molecule has 0 aliphatic carbocycles. The van der Waals surface area contributed by atoms with Crippen molar-refractivity contribution in [3.8, 4) is 0 Å². The minimum Gasteiger partial charge on any atom is -0.340 e. The van der Waals surface area contributed by atoms with Gasteiger partial charge in [-0.3, -0.25) is 9.48 Å². The molecule has 1 aromatic carbocycles. The lowest BCUT2D eigenvalue weighted by Crippen LogP contribution is -2.47. The maximum Gasteiger partial charge on any atom is 0.393 e. The molecule has 2 atom stereocenters. The Morgan fingerprint density at radius 2 is 1.96 bits per heavy atom. The van der Waals surface area contributed by atoms with Gasteiger partial charge < -0.3 is 4.90 Å². The molecule has 128 valence electrons. The summed E-state index contributed by atoms with van der Waals surface area (Å²) in [5.41, 5.74) is 0.709. The molecular weight excluding hydrogens is 319 g/mol. The van der Waals surface area contributed by atoms with Crippen LogP contribution in [0.1, 0.15) is 24.4 Å². The second-order valence-corrected chi connectivity index (χ2v) is 5.96. The van der Waals surface area contributed by atoms with Crippen molar-refractivity contribution >= 4 is 5.91 Å². The van der Waals surface area contributed by atoms with Gasteiger partial charge in [0.15, 0.2) is 6.04 Å². The number of carbonyl (C=O) groups is 1. The minimum atomic E-state index is -4.27. The summed E-state index contributed by atoms with van der Waals surface area (Å²) in [5, 5.41) is 4.12. The van der Waals surface area contributed by atoms with Crippen LogP contribution >= 0.6 is 0 Å². The number of piperidine rings is 1. The molecule has 1 saturated heterocycles. The van der Waals surface area contributed by atoms with Crippen LogP contribution in [0.5, 0.6) is 0 Å². The Balaban J connectivity index is 1.87. The maximum atomic E-state index is 13.0. The average Bonchev–Trinajstić information content (AvgIpc) is 3.09. The molecule has 3 rings (SSSR count). The van der Waals surface area contributed by atoms with E-state index in [0.29, 0.717) is 18.5 Å². The molecule has 0 saturated carbocycles. The number of amides is 1. The molecule has 0 spiro atoms. The van der Waals surface area contributed by atoms with E-state index >= 15 is 0 Å². The van der Waals surface area contributed by atoms with E-state index in [1.165, 1.54) is 9.58 Å². The predicted octanol–water partition coefficient (Wildman–Crippen LogP) is 3.27. The quantitative estimate of drug-likeness (QED) is 0.862. The third kappa shape index (κ3) is 3.44. The first-order valence-electron chi connectivity index (χ1n) is 7.86. The summed E-state index contributed by atoms with van der Waals surface area (Å²) in [6.07, 6.45) is -0.632. The molecule has 2 heterocycles. The van der Waals surface area contributed by atoms with Gasteiger partial charge in [0, 0.05) is 25.5 Å². The SMILES string of the molecule is O=C([C@H](c1ccccc1)n1cccn1)N1CCC[C@@H](C(F)(F)F)C1. The van der Waals surface area contributed by atoms with Crippen LogP contribution in [0, 0.1) is 5.92 Å². The van der Waals surface area contributed by atoms with Crippen molar-refractivity contribution in [2.45, 2.75) is 25.1 Å². The minimum absolute atomic E-state index is 0.0745. The number of likely N-dealkylation sites (tertiary alicyclic amines) is 1. The fourth-order valence-electron chi connectivity index (χ4n) is 3.09. The number of rotatable bonds is 3. The second-order valence-electron chi connectivity index (χ2n) is 5.96. The van der Waals surface area contributed by atoms with Crippen LogP contribution < -0.4 is 0 Å². The Morgan fingerprint density at radius 3 is 2.58 bits per heavy atom. The average molecular weight is 337 g/mol. The monoisotopic (exact) mass is 337 g/mol. The number of aromatic nitrogens is 2. The lowest BCUT2D eigenvalue weighted by atomic mass is 9.96. The van der Waals surface area contributed by atoms with Gasteiger partial charge in [0.05, 0.1) is 5.92 Å². The van der Waals surface area contributed by atoms with E-state index in [-0.39, 0.29) is 18.9 Å². The van der Waals surface area contributed by atoms with Crippen molar-refractivity contribution in [2.24, 2.45) is 5.92 Å². The highest BCUT2D eigenvalue weighted by Crippen LogP contribution is 2.34. The number of hydrogen-bond acceptors (Lipinski definition) is 2. The van der Waals surface area contributed by atoms with Gasteiger partial charge in [-0.1, -0.05) is 30.3 Å². The Kier molecular flexibility index (Phi) is 4.59. The molecular formula is C17H18F3N3O. The van der Waals surface area contributed by atoms with Crippen LogP contribution in [0.4, 0.5) is 13.2 Å². The molecule has 1 aliphatic rings. The van der Waals surface area contributed by atoms with Crippen LogP contribution in [0.25, 0.3) is 0 Å². The molecule has 0 N–H and O–H groups in total. The van der Waals surface area contributed by atoms with Crippen LogP contribution in [-0.2, 0) is 4.79 Å². The van der Waals surface area contributed by atoms with Gasteiger partial charge in [-0.25, -0.2) is 0 Å². The zero-order valence-electron chi connectivity index (χ0n) is 13.0. The van der Waals surface area contributed by atoms with Gasteiger partial charge in [-0.05, 0) is 24.5 Å². The predicted molar refractivity (Wildman–Crippen MR) is 82.2 cm³/mol. The van der Waals surface area contributed by atoms with Crippen molar-refractivity contribution in [1.82, 2.24) is 14.7 Å². The van der Waals surface area contributed by atoms with Crippen molar-refractivity contribution in [1.29, 1.82) is 0 Å². The zero-order valence-corrected chi connectivity index (χ0v) is 13.0. The standard InChI is InChI=1S/C17H18F3N3O/c18-17(19,20)14-8-4-10-22(12-14)16(24)15(23-11-5-9-21-23)13-6-2-1-3-7-13/h1-3,5-7,9,11,14-15H,4,8,10,12H2/t14-,15+/m1/s1. The van der Waals surface area contributed by atoms with Crippen LogP contribution in [0.3, 0.4) is 0 Å². The molecule has 0 radical (unpaired) electrons. The highest BCUT2D eigenvalue weighted by molar-refractivity contribution is 5.83. The van der Waals surface area contributed by atoms with Gasteiger partial charge in [0.2, 0.25) is 0 Å². The fraction of sp³-hybridized carbons (Fsp3) is 0.412. The molecule has 2 aromatic rings. The molecule has 4 nitrogen and oxygen atoms in total. The first-order chi connectivity index (χ1) is 11.5. The summed E-state index contributed by atoms with van der Waals surface area (Å²) in [7, 11) is 0. The normalized spacial score (nSPS) is 20.0. The number of hydrogen-bond donors (Lipinski definition) is 0. The smallest absolute Gasteiger partial charge is 0.340 e. The van der Waals surface area contributed by atoms with E-state index in [2.05, 4.69) is 5.10 Å². The van der Waals surface area contributed by atoms with Gasteiger partial charge in [0.1, 0.15) is 0 Å². The van der Waals surface area contributed by atoms with Gasteiger partial charge >= 0.3 is 6.18 Å². The van der Waals surface area contributed by atoms with Crippen LogP contribution in [0.15, 0.2) is 48.8 Å². The Labute approximate surface area is 137 Å². The first kappa shape index (κ1) is 16.5. The lowest BCUT2D eigenvalue weighted by molar-refractivity contribution is -0.188. The molecule has 1 amide bonds. The second kappa shape index (κ2) is 6.67. The molecule has 24 heavy (non-hydrogen) atoms. The zero-order chi connectivity index (χ0) is 17.2. The van der Waals surface area contributed by atoms with E-state index < -0.39 is 18.1 Å². The van der Waals surface area contributed by atoms with Gasteiger partial charge in [0.25, 0.3) is 5.91 Å². The van der Waals surface area contributed by atoms with Crippen molar-refractivity contribution in [3.05, 3.63) is 54.4 Å². The van der Waals surface area contributed by atoms with E-state index in [1.807, 2.05) is 6.07 Å². The Bertz CT molecular complexity index is 670. The summed E-state index contributed by atoms with van der Waals surface area (Å²) in [4.78, 5) is 14.3. The number of nitrogens with zero attached hydrogens (tertiary/aromatic N) is 3. The highest BCUT2D eigenvalue weighted by atomic mass is 19.4. The van der Waals surface area contributed by atoms with Crippen molar-refractivity contribution in [3.63, 3.8) is 0 Å². The van der Waals surface area contributed by atoms with Gasteiger partial charge in [-0.2, -0.15) is 18.3 Å². The third-order valence-corrected chi connectivity index (χ3v) is 4.33. The van der Waals surface area contributed by atoms with E-state index in [1.54, 1.807) is 42.7 Å². The van der Waals surface area contributed by atoms with Crippen molar-refractivity contribution < 1.29 is 18.0 Å². The molecule has 0 unspecified atom stereocenters. The summed E-state index contributed by atoms with van der Waals surface area (Å²) < 4.78 is 40.6. The molecule has 1 aliphatic heterocycles. The lowest BCUT2D eigenvalue weighted by Gasteiger charge is -2.35. The van der Waals surface area contributed by atoms with E-state index in [9.17, 15) is 18.0 Å². The fourth-order valence-corrected chi connectivity index (χ4v) is 3.09. The van der Waals surface area contributed by atoms with Crippen LogP contribution in [0.2, 0.25) is 0 Å². The summed E-state index contributed by atoms with van der Waals surface area (Å²) in [5.74, 6) is -1.80. The summed E-state index contributed by atoms with van der Waals surface area (Å²) >= 11 is 0. The number of benzene rings is 1. The largest absolute Gasteiger partial charge is 0.393 e. The Morgan fingerprint density at radius 1 is 1.21 bits per heavy atom. The number of carbonyl (C=O) groups excluding carboxylic acids is 1. The third-order valence-electron chi connectivity index (χ3n) is 4.33. The number of alkyl halides is 3. The van der Waals surface area contributed by atoms with Crippen LogP contribution in [-0.4, -0.2) is 39.9 Å². The topological polar surface area (TPSA) is 38.1 Å². The van der Waals surface area contributed by atoms with E-state index in [0.717, 1.165) is 0 Å². The molecule has 7 heteroatoms. The molecule has 0 bridgehead atoms. The highest BCUT2D eigenvalue weighted by Gasteiger charge is 2.43. The van der Waals surface area contributed by atoms with E-state index in [4.69, 9.17) is 0 Å². The van der Waals surface area contributed by atoms with Crippen molar-refractivity contribution in [2.75, 3.05) is 13.1 Å². The number of halogens is 3. The van der Waals surface area contributed by atoms with Gasteiger partial charge in [-0.15, -0.1) is 0 Å². The first-order valence-corrected chi connectivity index (χ1v) is 7.86. The molecule has 1 aromatic heterocycles. The maximum absolute atomic E-state index is 13.0. The summed E-state index contributed by atoms with van der Waals surface area (Å²) in [6.45, 7) is 0.0585. The molecule has 1 fully saturated rings. The summed E-state index contributed by atoms with van der Waals surface area (Å²) in [6, 6.07) is 9.95.